The highest BCUT2D eigenvalue weighted by atomic mass is 32.1. The number of quaternary nitrogens is 1. The number of hydrogen-bond donors (Lipinski definition) is 2. The minimum Gasteiger partial charge on any atom is -0.363 e. The molecule has 3 aromatic rings. The zero-order valence-corrected chi connectivity index (χ0v) is 15.1. The smallest absolute Gasteiger partial charge is 0.147 e. The minimum atomic E-state index is -0.216. The Morgan fingerprint density at radius 1 is 1.28 bits per heavy atom. The molecule has 2 aromatic heterocycles. The van der Waals surface area contributed by atoms with Crippen molar-refractivity contribution in [2.24, 2.45) is 0 Å². The lowest BCUT2D eigenvalue weighted by Gasteiger charge is -2.20. The molecule has 1 aliphatic rings. The zero-order chi connectivity index (χ0) is 17.2. The lowest BCUT2D eigenvalue weighted by Crippen LogP contribution is -3.14. The molecule has 0 saturated carbocycles. The van der Waals surface area contributed by atoms with Gasteiger partial charge in [-0.05, 0) is 30.7 Å². The normalized spacial score (nSPS) is 20.2. The fourth-order valence-corrected chi connectivity index (χ4v) is 4.73. The van der Waals surface area contributed by atoms with Gasteiger partial charge in [-0.1, -0.05) is 12.1 Å². The molecule has 1 fully saturated rings. The maximum Gasteiger partial charge on any atom is 0.147 e. The number of fused-ring (bicyclic) bond motifs is 1. The van der Waals surface area contributed by atoms with Crippen molar-refractivity contribution in [3.05, 3.63) is 42.5 Å². The van der Waals surface area contributed by atoms with E-state index in [-0.39, 0.29) is 5.82 Å². The Morgan fingerprint density at radius 2 is 2.12 bits per heavy atom. The molecule has 25 heavy (non-hydrogen) atoms. The second-order valence-electron chi connectivity index (χ2n) is 6.54. The summed E-state index contributed by atoms with van der Waals surface area (Å²) in [5.41, 5.74) is 1.95. The third-order valence-corrected chi connectivity index (χ3v) is 6.22. The quantitative estimate of drug-likeness (QED) is 0.738. The number of anilines is 1. The lowest BCUT2D eigenvalue weighted by molar-refractivity contribution is -0.908. The third kappa shape index (κ3) is 3.37. The van der Waals surface area contributed by atoms with Crippen LogP contribution >= 0.6 is 11.3 Å². The van der Waals surface area contributed by atoms with Crippen molar-refractivity contribution in [3.63, 3.8) is 0 Å². The van der Waals surface area contributed by atoms with Crippen LogP contribution in [0.25, 0.3) is 20.7 Å². The highest BCUT2D eigenvalue weighted by Crippen LogP contribution is 2.35. The van der Waals surface area contributed by atoms with Crippen LogP contribution in [0.5, 0.6) is 0 Å². The van der Waals surface area contributed by atoms with Crippen molar-refractivity contribution < 1.29 is 9.29 Å². The number of nitrogens with zero attached hydrogens (tertiary/aromatic N) is 2. The standard InChI is InChI=1S/C19H21FN4S/c1-2-24-9-3-4-15(24)11-21-19-18-16(22-12-23-19)10-17(25-18)13-5-7-14(20)8-6-13/h5-8,10,12,15H,2-4,9,11H2,1H3,(H,21,22,23)/p+1/t15-/m0/s1. The molecular formula is C19H22FN4S+. The van der Waals surface area contributed by atoms with E-state index in [0.717, 1.165) is 33.0 Å². The van der Waals surface area contributed by atoms with Crippen molar-refractivity contribution in [2.75, 3.05) is 25.0 Å². The van der Waals surface area contributed by atoms with Gasteiger partial charge in [0.1, 0.15) is 24.0 Å². The van der Waals surface area contributed by atoms with Crippen LogP contribution in [0.4, 0.5) is 10.2 Å². The summed E-state index contributed by atoms with van der Waals surface area (Å²) in [6, 6.07) is 9.31. The second kappa shape index (κ2) is 7.06. The minimum absolute atomic E-state index is 0.216. The fraction of sp³-hybridized carbons (Fsp3) is 0.368. The van der Waals surface area contributed by atoms with E-state index in [9.17, 15) is 4.39 Å². The van der Waals surface area contributed by atoms with Crippen LogP contribution < -0.4 is 10.2 Å². The van der Waals surface area contributed by atoms with Gasteiger partial charge < -0.3 is 10.2 Å². The van der Waals surface area contributed by atoms with Crippen molar-refractivity contribution in [1.82, 2.24) is 9.97 Å². The first kappa shape index (κ1) is 16.4. The SMILES string of the molecule is CC[NH+]1CCC[C@H]1CNc1ncnc2cc(-c3ccc(F)cc3)sc12. The van der Waals surface area contributed by atoms with Crippen LogP contribution in [0.2, 0.25) is 0 Å². The van der Waals surface area contributed by atoms with Crippen LogP contribution in [-0.2, 0) is 0 Å². The molecule has 0 aliphatic carbocycles. The highest BCUT2D eigenvalue weighted by Gasteiger charge is 2.26. The number of rotatable bonds is 5. The fourth-order valence-electron chi connectivity index (χ4n) is 3.65. The van der Waals surface area contributed by atoms with Crippen LogP contribution in [-0.4, -0.2) is 35.6 Å². The van der Waals surface area contributed by atoms with Crippen LogP contribution in [0.1, 0.15) is 19.8 Å². The van der Waals surface area contributed by atoms with Gasteiger partial charge in [-0.25, -0.2) is 14.4 Å². The lowest BCUT2D eigenvalue weighted by atomic mass is 10.2. The summed E-state index contributed by atoms with van der Waals surface area (Å²) < 4.78 is 14.2. The van der Waals surface area contributed by atoms with Gasteiger partial charge in [0.2, 0.25) is 0 Å². The summed E-state index contributed by atoms with van der Waals surface area (Å²) in [5.74, 6) is 0.692. The highest BCUT2D eigenvalue weighted by molar-refractivity contribution is 7.22. The number of benzene rings is 1. The molecule has 130 valence electrons. The summed E-state index contributed by atoms with van der Waals surface area (Å²) in [6.45, 7) is 5.65. The van der Waals surface area contributed by atoms with Crippen molar-refractivity contribution >= 4 is 27.4 Å². The number of likely N-dealkylation sites (tertiary alicyclic amines) is 1. The van der Waals surface area contributed by atoms with E-state index in [4.69, 9.17) is 0 Å². The third-order valence-electron chi connectivity index (χ3n) is 5.04. The van der Waals surface area contributed by atoms with Gasteiger partial charge in [0.25, 0.3) is 0 Å². The largest absolute Gasteiger partial charge is 0.363 e. The molecule has 0 amide bonds. The molecule has 0 bridgehead atoms. The molecule has 1 aromatic carbocycles. The molecule has 0 radical (unpaired) electrons. The molecule has 3 heterocycles. The molecule has 2 N–H and O–H groups in total. The Kier molecular flexibility index (Phi) is 4.63. The summed E-state index contributed by atoms with van der Waals surface area (Å²) in [4.78, 5) is 11.6. The molecule has 1 unspecified atom stereocenters. The van der Waals surface area contributed by atoms with E-state index < -0.39 is 0 Å². The van der Waals surface area contributed by atoms with Crippen LogP contribution in [0.15, 0.2) is 36.7 Å². The molecule has 6 heteroatoms. The van der Waals surface area contributed by atoms with Gasteiger partial charge in [0.05, 0.1) is 29.9 Å². The first-order valence-corrected chi connectivity index (χ1v) is 9.65. The maximum absolute atomic E-state index is 13.1. The maximum atomic E-state index is 13.1. The number of nitrogens with one attached hydrogen (secondary N) is 2. The van der Waals surface area contributed by atoms with Gasteiger partial charge in [-0.2, -0.15) is 0 Å². The second-order valence-corrected chi connectivity index (χ2v) is 7.59. The molecule has 1 aliphatic heterocycles. The van der Waals surface area contributed by atoms with Gasteiger partial charge in [-0.15, -0.1) is 11.3 Å². The van der Waals surface area contributed by atoms with E-state index >= 15 is 0 Å². The van der Waals surface area contributed by atoms with Gasteiger partial charge in [0, 0.05) is 17.7 Å². The van der Waals surface area contributed by atoms with Gasteiger partial charge >= 0.3 is 0 Å². The summed E-state index contributed by atoms with van der Waals surface area (Å²) in [7, 11) is 0. The Hall–Kier alpha value is -2.05. The predicted octanol–water partition coefficient (Wildman–Crippen LogP) is 2.98. The first-order valence-electron chi connectivity index (χ1n) is 8.83. The zero-order valence-electron chi connectivity index (χ0n) is 14.3. The molecule has 2 atom stereocenters. The number of thiophene rings is 1. The van der Waals surface area contributed by atoms with Crippen molar-refractivity contribution in [2.45, 2.75) is 25.8 Å². The summed E-state index contributed by atoms with van der Waals surface area (Å²) in [5, 5.41) is 3.55. The van der Waals surface area contributed by atoms with Crippen molar-refractivity contribution in [3.8, 4) is 10.4 Å². The Balaban J connectivity index is 1.58. The van der Waals surface area contributed by atoms with Crippen LogP contribution in [0, 0.1) is 5.82 Å². The molecule has 4 nitrogen and oxygen atoms in total. The molecule has 1 saturated heterocycles. The van der Waals surface area contributed by atoms with E-state index in [2.05, 4.69) is 28.3 Å². The first-order chi connectivity index (χ1) is 12.2. The van der Waals surface area contributed by atoms with Gasteiger partial charge in [0.15, 0.2) is 0 Å². The molecular weight excluding hydrogens is 335 g/mol. The van der Waals surface area contributed by atoms with E-state index in [0.29, 0.717) is 6.04 Å². The average Bonchev–Trinajstić information content (AvgIpc) is 3.27. The Labute approximate surface area is 150 Å². The van der Waals surface area contributed by atoms with E-state index in [1.807, 2.05) is 12.1 Å². The number of likely N-dealkylation sites (N-methyl/N-ethyl adjacent to an activating group) is 1. The van der Waals surface area contributed by atoms with Crippen molar-refractivity contribution in [1.29, 1.82) is 0 Å². The van der Waals surface area contributed by atoms with Crippen LogP contribution in [0.3, 0.4) is 0 Å². The van der Waals surface area contributed by atoms with E-state index in [1.54, 1.807) is 22.6 Å². The summed E-state index contributed by atoms with van der Waals surface area (Å²) >= 11 is 1.66. The van der Waals surface area contributed by atoms with Gasteiger partial charge in [-0.3, -0.25) is 0 Å². The molecule has 0 spiro atoms. The van der Waals surface area contributed by atoms with E-state index in [1.165, 1.54) is 38.1 Å². The summed E-state index contributed by atoms with van der Waals surface area (Å²) in [6.07, 6.45) is 4.20. The predicted molar refractivity (Wildman–Crippen MR) is 101 cm³/mol. The number of hydrogen-bond acceptors (Lipinski definition) is 4. The number of halogens is 1. The Morgan fingerprint density at radius 3 is 2.92 bits per heavy atom. The monoisotopic (exact) mass is 357 g/mol. The Bertz CT molecular complexity index is 861. The average molecular weight is 357 g/mol. The molecule has 4 rings (SSSR count). The number of aromatic nitrogens is 2. The topological polar surface area (TPSA) is 42.2 Å².